The molecule has 7 heteroatoms. The molecule has 0 aromatic heterocycles. The highest BCUT2D eigenvalue weighted by molar-refractivity contribution is 5.94. The molecule has 0 atom stereocenters. The Morgan fingerprint density at radius 3 is 2.28 bits per heavy atom. The number of ether oxygens (including phenoxy) is 1. The first-order valence-corrected chi connectivity index (χ1v) is 8.46. The molecule has 1 heterocycles. The second kappa shape index (κ2) is 8.50. The van der Waals surface area contributed by atoms with Gasteiger partial charge in [0.05, 0.1) is 12.2 Å². The van der Waals surface area contributed by atoms with Crippen LogP contribution in [0.1, 0.15) is 30.1 Å². The van der Waals surface area contributed by atoms with Crippen molar-refractivity contribution in [3.63, 3.8) is 0 Å². The van der Waals surface area contributed by atoms with Crippen molar-refractivity contribution >= 4 is 23.6 Å². The smallest absolute Gasteiger partial charge is 0.338 e. The molecule has 0 aliphatic carbocycles. The number of likely N-dealkylation sites (tertiary alicyclic amines) is 1. The molecule has 0 spiro atoms. The maximum absolute atomic E-state index is 12.4. The van der Waals surface area contributed by atoms with Crippen molar-refractivity contribution < 1.29 is 19.1 Å². The summed E-state index contributed by atoms with van der Waals surface area (Å²) in [5, 5.41) is 2.87. The summed E-state index contributed by atoms with van der Waals surface area (Å²) >= 11 is 0. The lowest BCUT2D eigenvalue weighted by atomic mass is 9.96. The van der Waals surface area contributed by atoms with Crippen LogP contribution in [0.25, 0.3) is 0 Å². The number of anilines is 1. The maximum Gasteiger partial charge on any atom is 0.338 e. The van der Waals surface area contributed by atoms with E-state index in [1.807, 2.05) is 0 Å². The summed E-state index contributed by atoms with van der Waals surface area (Å²) in [4.78, 5) is 39.2. The molecule has 3 amide bonds. The number of nitrogens with zero attached hydrogens (tertiary/aromatic N) is 2. The van der Waals surface area contributed by atoms with Gasteiger partial charge in [0.2, 0.25) is 5.91 Å². The number of nitrogens with one attached hydrogen (secondary N) is 1. The fourth-order valence-corrected chi connectivity index (χ4v) is 2.76. The van der Waals surface area contributed by atoms with Crippen LogP contribution in [0.2, 0.25) is 0 Å². The van der Waals surface area contributed by atoms with Gasteiger partial charge in [0.1, 0.15) is 0 Å². The average Bonchev–Trinajstić information content (AvgIpc) is 2.62. The molecule has 1 aliphatic heterocycles. The topological polar surface area (TPSA) is 79.0 Å². The largest absolute Gasteiger partial charge is 0.462 e. The van der Waals surface area contributed by atoms with Crippen LogP contribution in [0.3, 0.4) is 0 Å². The predicted octanol–water partition coefficient (Wildman–Crippen LogP) is 2.20. The summed E-state index contributed by atoms with van der Waals surface area (Å²) in [5.41, 5.74) is 1.10. The third-order valence-electron chi connectivity index (χ3n) is 4.18. The molecule has 0 radical (unpaired) electrons. The number of rotatable bonds is 4. The second-order valence-corrected chi connectivity index (χ2v) is 6.23. The summed E-state index contributed by atoms with van der Waals surface area (Å²) in [6.07, 6.45) is 1.29. The maximum atomic E-state index is 12.4. The van der Waals surface area contributed by atoms with E-state index in [-0.39, 0.29) is 23.8 Å². The van der Waals surface area contributed by atoms with Gasteiger partial charge in [-0.25, -0.2) is 9.59 Å². The number of esters is 1. The molecule has 1 N–H and O–H groups in total. The number of benzene rings is 1. The zero-order valence-corrected chi connectivity index (χ0v) is 14.9. The van der Waals surface area contributed by atoms with E-state index in [4.69, 9.17) is 4.74 Å². The number of urea groups is 1. The molecule has 1 aromatic carbocycles. The van der Waals surface area contributed by atoms with E-state index < -0.39 is 0 Å². The first-order valence-electron chi connectivity index (χ1n) is 8.46. The van der Waals surface area contributed by atoms with Crippen molar-refractivity contribution in [2.75, 3.05) is 39.1 Å². The third kappa shape index (κ3) is 4.95. The Morgan fingerprint density at radius 2 is 1.76 bits per heavy atom. The van der Waals surface area contributed by atoms with Crippen LogP contribution < -0.4 is 5.32 Å². The zero-order chi connectivity index (χ0) is 18.4. The van der Waals surface area contributed by atoms with Crippen molar-refractivity contribution in [1.82, 2.24) is 9.80 Å². The number of hydrogen-bond acceptors (Lipinski definition) is 4. The van der Waals surface area contributed by atoms with Gasteiger partial charge in [0, 0.05) is 38.8 Å². The third-order valence-corrected chi connectivity index (χ3v) is 4.18. The van der Waals surface area contributed by atoms with Crippen molar-refractivity contribution in [1.29, 1.82) is 0 Å². The molecule has 0 unspecified atom stereocenters. The number of hydrogen-bond donors (Lipinski definition) is 1. The minimum Gasteiger partial charge on any atom is -0.462 e. The minimum absolute atomic E-state index is 0.0200. The van der Waals surface area contributed by atoms with Gasteiger partial charge in [-0.15, -0.1) is 0 Å². The highest BCUT2D eigenvalue weighted by atomic mass is 16.5. The number of amides is 3. The van der Waals surface area contributed by atoms with Gasteiger partial charge in [-0.05, 0) is 44.0 Å². The van der Waals surface area contributed by atoms with Gasteiger partial charge in [0.25, 0.3) is 0 Å². The van der Waals surface area contributed by atoms with Crippen LogP contribution in [0.5, 0.6) is 0 Å². The summed E-state index contributed by atoms with van der Waals surface area (Å²) in [5.74, 6) is -0.546. The zero-order valence-electron chi connectivity index (χ0n) is 14.9. The van der Waals surface area contributed by atoms with Crippen LogP contribution in [-0.2, 0) is 9.53 Å². The Kier molecular flexibility index (Phi) is 6.38. The Hall–Kier alpha value is -2.57. The van der Waals surface area contributed by atoms with E-state index in [0.717, 1.165) is 0 Å². The molecule has 136 valence electrons. The summed E-state index contributed by atoms with van der Waals surface area (Å²) in [7, 11) is 3.45. The molecule has 7 nitrogen and oxygen atoms in total. The lowest BCUT2D eigenvalue weighted by Gasteiger charge is -2.33. The molecular weight excluding hydrogens is 322 g/mol. The fraction of sp³-hybridized carbons (Fsp3) is 0.500. The van der Waals surface area contributed by atoms with E-state index in [0.29, 0.717) is 43.8 Å². The Bertz CT molecular complexity index is 620. The highest BCUT2D eigenvalue weighted by Crippen LogP contribution is 2.20. The monoisotopic (exact) mass is 347 g/mol. The fourth-order valence-electron chi connectivity index (χ4n) is 2.76. The first-order chi connectivity index (χ1) is 11.9. The highest BCUT2D eigenvalue weighted by Gasteiger charge is 2.28. The van der Waals surface area contributed by atoms with Gasteiger partial charge < -0.3 is 19.9 Å². The van der Waals surface area contributed by atoms with Crippen LogP contribution in [-0.4, -0.2) is 61.5 Å². The van der Waals surface area contributed by atoms with Crippen molar-refractivity contribution in [3.05, 3.63) is 29.8 Å². The molecular formula is C18H25N3O4. The van der Waals surface area contributed by atoms with E-state index in [9.17, 15) is 14.4 Å². The number of carbonyl (C=O) groups is 3. The van der Waals surface area contributed by atoms with Crippen molar-refractivity contribution in [2.45, 2.75) is 19.8 Å². The summed E-state index contributed by atoms with van der Waals surface area (Å²) in [6.45, 7) is 3.24. The Labute approximate surface area is 147 Å². The molecule has 2 rings (SSSR count). The summed E-state index contributed by atoms with van der Waals surface area (Å²) in [6, 6.07) is 6.62. The van der Waals surface area contributed by atoms with Gasteiger partial charge in [0.15, 0.2) is 0 Å². The van der Waals surface area contributed by atoms with Crippen molar-refractivity contribution in [3.8, 4) is 0 Å². The van der Waals surface area contributed by atoms with Crippen LogP contribution in [0.15, 0.2) is 24.3 Å². The molecule has 0 saturated carbocycles. The van der Waals surface area contributed by atoms with Gasteiger partial charge in [-0.1, -0.05) is 0 Å². The normalized spacial score (nSPS) is 14.8. The van der Waals surface area contributed by atoms with Crippen molar-refractivity contribution in [2.24, 2.45) is 5.92 Å². The minimum atomic E-state index is -0.377. The quantitative estimate of drug-likeness (QED) is 0.847. The standard InChI is InChI=1S/C18H25N3O4/c1-4-25-17(23)14-5-7-15(8-6-14)19-16(22)13-9-11-21(12-10-13)18(24)20(2)3/h5-8,13H,4,9-12H2,1-3H3,(H,19,22). The van der Waals surface area contributed by atoms with E-state index in [1.165, 1.54) is 0 Å². The molecule has 1 aliphatic rings. The van der Waals surface area contributed by atoms with E-state index in [2.05, 4.69) is 5.32 Å². The second-order valence-electron chi connectivity index (χ2n) is 6.23. The van der Waals surface area contributed by atoms with Crippen LogP contribution in [0, 0.1) is 5.92 Å². The van der Waals surface area contributed by atoms with Gasteiger partial charge in [-0.3, -0.25) is 4.79 Å². The molecule has 1 aromatic rings. The molecule has 1 fully saturated rings. The van der Waals surface area contributed by atoms with Gasteiger partial charge in [-0.2, -0.15) is 0 Å². The van der Waals surface area contributed by atoms with E-state index >= 15 is 0 Å². The van der Waals surface area contributed by atoms with Crippen LogP contribution in [0.4, 0.5) is 10.5 Å². The lowest BCUT2D eigenvalue weighted by Crippen LogP contribution is -2.45. The summed E-state index contributed by atoms with van der Waals surface area (Å²) < 4.78 is 4.93. The average molecular weight is 347 g/mol. The van der Waals surface area contributed by atoms with E-state index in [1.54, 1.807) is 55.1 Å². The van der Waals surface area contributed by atoms with Crippen LogP contribution >= 0.6 is 0 Å². The molecule has 25 heavy (non-hydrogen) atoms. The first kappa shape index (κ1) is 18.8. The Balaban J connectivity index is 1.86. The number of carbonyl (C=O) groups excluding carboxylic acids is 3. The Morgan fingerprint density at radius 1 is 1.16 bits per heavy atom. The SMILES string of the molecule is CCOC(=O)c1ccc(NC(=O)C2CCN(C(=O)N(C)C)CC2)cc1. The molecule has 1 saturated heterocycles. The lowest BCUT2D eigenvalue weighted by molar-refractivity contribution is -0.121. The van der Waals surface area contributed by atoms with Gasteiger partial charge >= 0.3 is 12.0 Å². The number of piperidine rings is 1. The predicted molar refractivity (Wildman–Crippen MR) is 94.4 cm³/mol. The molecule has 0 bridgehead atoms.